The lowest BCUT2D eigenvalue weighted by Crippen LogP contribution is -2.10. The van der Waals surface area contributed by atoms with Crippen molar-refractivity contribution in [3.05, 3.63) is 43.5 Å². The number of aryl methyl sites for hydroxylation is 4. The highest BCUT2D eigenvalue weighted by atomic mass is 127. The van der Waals surface area contributed by atoms with Crippen molar-refractivity contribution < 1.29 is 16.0 Å². The van der Waals surface area contributed by atoms with Gasteiger partial charge in [-0.15, -0.1) is 0 Å². The van der Waals surface area contributed by atoms with Gasteiger partial charge in [-0.05, 0) is 90.5 Å². The number of rotatable bonds is 30. The normalized spacial score (nSPS) is 11.7. The summed E-state index contributed by atoms with van der Waals surface area (Å²) < 4.78 is 26.3. The minimum Gasteiger partial charge on any atom is -0.478 e. The van der Waals surface area contributed by atoms with Gasteiger partial charge in [0.05, 0.1) is 9.13 Å². The fraction of sp³-hybridized carbons (Fsp3) is 0.744. The highest BCUT2D eigenvalue weighted by molar-refractivity contribution is 14.2. The van der Waals surface area contributed by atoms with Crippen molar-refractivity contribution in [3.63, 3.8) is 0 Å². The topological polar surface area (TPSA) is 71.4 Å². The second-order valence-electron chi connectivity index (χ2n) is 14.4. The zero-order chi connectivity index (χ0) is 35.0. The predicted octanol–water partition coefficient (Wildman–Crippen LogP) is 14.5. The van der Waals surface area contributed by atoms with E-state index in [-0.39, 0.29) is 9.13 Å². The van der Waals surface area contributed by atoms with Gasteiger partial charge in [0.15, 0.2) is 0 Å². The van der Waals surface area contributed by atoms with Gasteiger partial charge in [0.1, 0.15) is 0 Å². The van der Waals surface area contributed by atoms with Crippen LogP contribution in [0.15, 0.2) is 12.1 Å². The molecule has 5 heteroatoms. The molecule has 2 aromatic carbocycles. The first kappa shape index (κ1) is 42.7. The number of benzene rings is 2. The third-order valence-electron chi connectivity index (χ3n) is 10.3. The van der Waals surface area contributed by atoms with Gasteiger partial charge in [-0.1, -0.05) is 162 Å². The Labute approximate surface area is 302 Å². The molecule has 2 aromatic rings. The quantitative estimate of drug-likeness (QED) is 0.0633. The molecule has 0 radical (unpaired) electrons. The monoisotopic (exact) mass is 778 g/mol. The van der Waals surface area contributed by atoms with Gasteiger partial charge < -0.3 is 5.11 Å². The second kappa shape index (κ2) is 26.3. The number of hydrogen-bond donors (Lipinski definition) is 1. The molecule has 0 saturated carbocycles. The zero-order valence-electron chi connectivity index (χ0n) is 31.5. The minimum atomic E-state index is -4.10. The zero-order valence-corrected chi connectivity index (χ0v) is 33.7. The molecule has 0 saturated heterocycles. The lowest BCUT2D eigenvalue weighted by Gasteiger charge is -2.22. The standard InChI is InChI=1S/C43H71IO4/c1-5-9-13-17-21-25-29-35-33-36(30-26-22-18-14-10-6-2)39-34-40(43(45)46)42(44(47)48)38(32-28-24-20-16-12-8-4)41(39)37(35)31-27-23-19-15-11-7-3/h33-34H,5-32H2,1-4H3,(H,45,46). The van der Waals surface area contributed by atoms with Gasteiger partial charge >= 0.3 is 25.8 Å². The molecule has 0 atom stereocenters. The first-order valence-electron chi connectivity index (χ1n) is 20.3. The highest BCUT2D eigenvalue weighted by Gasteiger charge is 2.25. The number of carbonyl (C=O) groups is 1. The van der Waals surface area contributed by atoms with E-state index in [9.17, 15) is 16.0 Å². The van der Waals surface area contributed by atoms with Crippen LogP contribution in [0.4, 0.5) is 0 Å². The van der Waals surface area contributed by atoms with Gasteiger partial charge in [-0.25, -0.2) is 10.9 Å². The van der Waals surface area contributed by atoms with E-state index in [1.165, 1.54) is 132 Å². The molecule has 4 nitrogen and oxygen atoms in total. The van der Waals surface area contributed by atoms with Crippen LogP contribution in [0.2, 0.25) is 0 Å². The fourth-order valence-corrected chi connectivity index (χ4v) is 9.42. The van der Waals surface area contributed by atoms with Crippen LogP contribution < -0.4 is 0 Å². The molecular formula is C43H71IO4. The second-order valence-corrected chi connectivity index (χ2v) is 16.7. The third kappa shape index (κ3) is 15.2. The molecule has 48 heavy (non-hydrogen) atoms. The van der Waals surface area contributed by atoms with E-state index >= 15 is 0 Å². The van der Waals surface area contributed by atoms with Gasteiger partial charge in [0, 0.05) is 0 Å². The molecule has 0 aliphatic rings. The van der Waals surface area contributed by atoms with E-state index < -0.39 is 25.8 Å². The predicted molar refractivity (Wildman–Crippen MR) is 213 cm³/mol. The van der Waals surface area contributed by atoms with Crippen molar-refractivity contribution in [2.24, 2.45) is 0 Å². The molecule has 0 fully saturated rings. The largest absolute Gasteiger partial charge is 0.478 e. The molecule has 0 heterocycles. The van der Waals surface area contributed by atoms with E-state index in [0.29, 0.717) is 6.42 Å². The van der Waals surface area contributed by atoms with E-state index in [4.69, 9.17) is 0 Å². The Balaban J connectivity index is 2.69. The molecule has 0 aliphatic heterocycles. The number of unbranched alkanes of at least 4 members (excludes halogenated alkanes) is 20. The average molecular weight is 779 g/mol. The summed E-state index contributed by atoms with van der Waals surface area (Å²) >= 11 is -4.10. The number of hydrogen-bond acceptors (Lipinski definition) is 3. The van der Waals surface area contributed by atoms with Crippen LogP contribution in [0, 0.1) is 3.57 Å². The number of aromatic carboxylic acids is 1. The maximum Gasteiger partial charge on any atom is 0.342 e. The Bertz CT molecular complexity index is 1250. The van der Waals surface area contributed by atoms with Gasteiger partial charge in [-0.2, -0.15) is 0 Å². The minimum absolute atomic E-state index is 0.0112. The summed E-state index contributed by atoms with van der Waals surface area (Å²) in [5.74, 6) is -1.11. The number of carboxylic acids is 1. The molecule has 0 bridgehead atoms. The SMILES string of the molecule is CCCCCCCCc1cc(CCCCCCCC)c2cc(C(=O)O)c(I(=O)=O)c(CCCCCCCC)c2c1CCCCCCCC. The summed E-state index contributed by atoms with van der Waals surface area (Å²) in [7, 11) is 0. The summed E-state index contributed by atoms with van der Waals surface area (Å²) in [5.41, 5.74) is 4.83. The molecule has 274 valence electrons. The fourth-order valence-electron chi connectivity index (χ4n) is 7.49. The summed E-state index contributed by atoms with van der Waals surface area (Å²) in [6.45, 7) is 8.99. The number of carboxylic acid groups (broad SMARTS) is 1. The lowest BCUT2D eigenvalue weighted by molar-refractivity contribution is 0.0695. The molecule has 0 spiro atoms. The van der Waals surface area contributed by atoms with Crippen LogP contribution in [-0.4, -0.2) is 11.1 Å². The smallest absolute Gasteiger partial charge is 0.342 e. The van der Waals surface area contributed by atoms with E-state index in [2.05, 4.69) is 33.8 Å². The Morgan fingerprint density at radius 2 is 0.875 bits per heavy atom. The van der Waals surface area contributed by atoms with Crippen molar-refractivity contribution in [2.45, 2.75) is 207 Å². The Hall–Kier alpha value is -1.50. The van der Waals surface area contributed by atoms with Crippen LogP contribution in [0.5, 0.6) is 0 Å². The van der Waals surface area contributed by atoms with Gasteiger partial charge in [0.25, 0.3) is 0 Å². The maximum atomic E-state index is 13.1. The first-order valence-corrected chi connectivity index (χ1v) is 23.2. The van der Waals surface area contributed by atoms with E-state index in [1.54, 1.807) is 6.07 Å². The van der Waals surface area contributed by atoms with Crippen LogP contribution >= 0.6 is 19.8 Å². The molecule has 0 aromatic heterocycles. The molecule has 0 amide bonds. The van der Waals surface area contributed by atoms with Gasteiger partial charge in [-0.3, -0.25) is 0 Å². The summed E-state index contributed by atoms with van der Waals surface area (Å²) in [5, 5.41) is 12.5. The summed E-state index contributed by atoms with van der Waals surface area (Å²) in [4.78, 5) is 12.7. The number of fused-ring (bicyclic) bond motifs is 1. The average Bonchev–Trinajstić information content (AvgIpc) is 3.07. The molecule has 1 N–H and O–H groups in total. The molecule has 2 rings (SSSR count). The van der Waals surface area contributed by atoms with E-state index in [0.717, 1.165) is 74.1 Å². The van der Waals surface area contributed by atoms with Crippen LogP contribution in [0.25, 0.3) is 10.8 Å². The molecule has 0 aliphatic carbocycles. The van der Waals surface area contributed by atoms with Crippen LogP contribution in [-0.2, 0) is 31.8 Å². The summed E-state index contributed by atoms with van der Waals surface area (Å²) in [6, 6.07) is 4.20. The number of halogens is 1. The highest BCUT2D eigenvalue weighted by Crippen LogP contribution is 2.40. The summed E-state index contributed by atoms with van der Waals surface area (Å²) in [6.07, 6.45) is 32.4. The van der Waals surface area contributed by atoms with Crippen molar-refractivity contribution in [1.29, 1.82) is 0 Å². The first-order chi connectivity index (χ1) is 23.4. The van der Waals surface area contributed by atoms with Gasteiger partial charge in [0.2, 0.25) is 0 Å². The maximum absolute atomic E-state index is 13.1. The Morgan fingerprint density at radius 3 is 1.29 bits per heavy atom. The van der Waals surface area contributed by atoms with Crippen LogP contribution in [0.1, 0.15) is 214 Å². The van der Waals surface area contributed by atoms with Crippen molar-refractivity contribution >= 4 is 36.5 Å². The van der Waals surface area contributed by atoms with E-state index in [1.807, 2.05) is 0 Å². The Kier molecular flexibility index (Phi) is 23.4. The van der Waals surface area contributed by atoms with Crippen molar-refractivity contribution in [1.82, 2.24) is 0 Å². The third-order valence-corrected chi connectivity index (χ3v) is 12.4. The van der Waals surface area contributed by atoms with Crippen LogP contribution in [0.3, 0.4) is 0 Å². The Morgan fingerprint density at radius 1 is 0.500 bits per heavy atom. The molecule has 0 unspecified atom stereocenters. The molecular weight excluding hydrogens is 707 g/mol. The van der Waals surface area contributed by atoms with Crippen molar-refractivity contribution in [2.75, 3.05) is 0 Å². The lowest BCUT2D eigenvalue weighted by atomic mass is 9.83. The van der Waals surface area contributed by atoms with Crippen molar-refractivity contribution in [3.8, 4) is 0 Å².